The number of aryl methyl sites for hydroxylation is 1. The number of benzene rings is 1. The van der Waals surface area contributed by atoms with Crippen LogP contribution in [0.15, 0.2) is 36.5 Å². The quantitative estimate of drug-likeness (QED) is 0.864. The second kappa shape index (κ2) is 5.49. The second-order valence-electron chi connectivity index (χ2n) is 4.37. The first-order valence-electron chi connectivity index (χ1n) is 6.00. The first-order chi connectivity index (χ1) is 8.68. The summed E-state index contributed by atoms with van der Waals surface area (Å²) in [6.07, 6.45) is 1.74. The summed E-state index contributed by atoms with van der Waals surface area (Å²) in [6, 6.07) is 9.77. The predicted molar refractivity (Wildman–Crippen MR) is 70.0 cm³/mol. The van der Waals surface area contributed by atoms with Crippen LogP contribution in [0.5, 0.6) is 0 Å². The fourth-order valence-corrected chi connectivity index (χ4v) is 1.78. The van der Waals surface area contributed by atoms with Gasteiger partial charge in [-0.25, -0.2) is 0 Å². The van der Waals surface area contributed by atoms with Crippen LogP contribution in [0, 0.1) is 6.92 Å². The van der Waals surface area contributed by atoms with E-state index in [4.69, 9.17) is 0 Å². The van der Waals surface area contributed by atoms with Crippen molar-refractivity contribution in [1.82, 2.24) is 15.5 Å². The van der Waals surface area contributed by atoms with Crippen molar-refractivity contribution < 1.29 is 4.79 Å². The van der Waals surface area contributed by atoms with Crippen molar-refractivity contribution in [2.75, 3.05) is 0 Å². The first kappa shape index (κ1) is 12.4. The summed E-state index contributed by atoms with van der Waals surface area (Å²) in [5.74, 6) is -0.111. The van der Waals surface area contributed by atoms with Crippen LogP contribution in [0.3, 0.4) is 0 Å². The Morgan fingerprint density at radius 3 is 2.72 bits per heavy atom. The number of H-pyrrole nitrogens is 1. The molecule has 0 bridgehead atoms. The lowest BCUT2D eigenvalue weighted by atomic mass is 10.0. The molecule has 0 unspecified atom stereocenters. The van der Waals surface area contributed by atoms with Gasteiger partial charge in [-0.1, -0.05) is 30.3 Å². The van der Waals surface area contributed by atoms with Gasteiger partial charge < -0.3 is 5.32 Å². The van der Waals surface area contributed by atoms with Crippen LogP contribution in [0.1, 0.15) is 29.7 Å². The van der Waals surface area contributed by atoms with Crippen LogP contribution in [0.25, 0.3) is 0 Å². The molecular weight excluding hydrogens is 226 g/mol. The lowest BCUT2D eigenvalue weighted by Gasteiger charge is -2.12. The summed E-state index contributed by atoms with van der Waals surface area (Å²) in [6.45, 7) is 4.36. The van der Waals surface area contributed by atoms with E-state index in [0.717, 1.165) is 16.8 Å². The van der Waals surface area contributed by atoms with Gasteiger partial charge in [0.15, 0.2) is 0 Å². The molecule has 18 heavy (non-hydrogen) atoms. The highest BCUT2D eigenvalue weighted by Crippen LogP contribution is 2.14. The van der Waals surface area contributed by atoms with Gasteiger partial charge in [0.25, 0.3) is 0 Å². The number of hydrogen-bond acceptors (Lipinski definition) is 2. The van der Waals surface area contributed by atoms with E-state index in [0.29, 0.717) is 6.54 Å². The summed E-state index contributed by atoms with van der Waals surface area (Å²) in [5, 5.41) is 9.70. The minimum atomic E-state index is -0.140. The van der Waals surface area contributed by atoms with Gasteiger partial charge in [0.1, 0.15) is 0 Å². The number of aromatic nitrogens is 2. The van der Waals surface area contributed by atoms with Crippen LogP contribution < -0.4 is 5.32 Å². The van der Waals surface area contributed by atoms with E-state index in [-0.39, 0.29) is 11.8 Å². The molecule has 4 nitrogen and oxygen atoms in total. The number of hydrogen-bond donors (Lipinski definition) is 2. The van der Waals surface area contributed by atoms with Crippen molar-refractivity contribution >= 4 is 5.91 Å². The number of amides is 1. The van der Waals surface area contributed by atoms with Gasteiger partial charge >= 0.3 is 0 Å². The number of nitrogens with one attached hydrogen (secondary N) is 2. The van der Waals surface area contributed by atoms with Crippen LogP contribution in [-0.2, 0) is 11.3 Å². The van der Waals surface area contributed by atoms with E-state index in [1.807, 2.05) is 44.2 Å². The Morgan fingerprint density at radius 1 is 1.39 bits per heavy atom. The maximum Gasteiger partial charge on any atom is 0.227 e. The highest BCUT2D eigenvalue weighted by atomic mass is 16.1. The average molecular weight is 243 g/mol. The Hall–Kier alpha value is -2.10. The molecule has 0 aliphatic heterocycles. The van der Waals surface area contributed by atoms with Crippen LogP contribution >= 0.6 is 0 Å². The third-order valence-electron chi connectivity index (χ3n) is 3.08. The lowest BCUT2D eigenvalue weighted by molar-refractivity contribution is -0.122. The Balaban J connectivity index is 1.95. The molecule has 2 rings (SSSR count). The summed E-state index contributed by atoms with van der Waals surface area (Å²) in [7, 11) is 0. The SMILES string of the molecule is Cc1[nH]ncc1CNC(=O)[C@H](C)c1ccccc1. The van der Waals surface area contributed by atoms with Crippen molar-refractivity contribution in [2.45, 2.75) is 26.3 Å². The Kier molecular flexibility index (Phi) is 3.77. The molecule has 0 aliphatic rings. The normalized spacial score (nSPS) is 12.1. The fourth-order valence-electron chi connectivity index (χ4n) is 1.78. The molecule has 1 amide bonds. The zero-order valence-corrected chi connectivity index (χ0v) is 10.6. The van der Waals surface area contributed by atoms with Gasteiger partial charge in [0, 0.05) is 17.8 Å². The van der Waals surface area contributed by atoms with Crippen LogP contribution in [-0.4, -0.2) is 16.1 Å². The molecular formula is C14H17N3O. The zero-order valence-electron chi connectivity index (χ0n) is 10.6. The average Bonchev–Trinajstić information content (AvgIpc) is 2.81. The van der Waals surface area contributed by atoms with Crippen LogP contribution in [0.2, 0.25) is 0 Å². The van der Waals surface area contributed by atoms with E-state index in [2.05, 4.69) is 15.5 Å². The standard InChI is InChI=1S/C14H17N3O/c1-10(12-6-4-3-5-7-12)14(18)15-8-13-9-16-17-11(13)2/h3-7,9-10H,8H2,1-2H3,(H,15,18)(H,16,17)/t10-/m1/s1. The van der Waals surface area contributed by atoms with Crippen molar-refractivity contribution in [2.24, 2.45) is 0 Å². The highest BCUT2D eigenvalue weighted by Gasteiger charge is 2.14. The number of nitrogens with zero attached hydrogens (tertiary/aromatic N) is 1. The van der Waals surface area contributed by atoms with E-state index < -0.39 is 0 Å². The van der Waals surface area contributed by atoms with Gasteiger partial charge in [-0.15, -0.1) is 0 Å². The lowest BCUT2D eigenvalue weighted by Crippen LogP contribution is -2.27. The molecule has 1 atom stereocenters. The molecule has 1 aromatic heterocycles. The third-order valence-corrected chi connectivity index (χ3v) is 3.08. The summed E-state index contributed by atoms with van der Waals surface area (Å²) < 4.78 is 0. The fraction of sp³-hybridized carbons (Fsp3) is 0.286. The molecule has 94 valence electrons. The molecule has 0 fully saturated rings. The van der Waals surface area contributed by atoms with E-state index in [1.165, 1.54) is 0 Å². The molecule has 0 spiro atoms. The van der Waals surface area contributed by atoms with Crippen molar-refractivity contribution in [3.05, 3.63) is 53.3 Å². The number of aromatic amines is 1. The largest absolute Gasteiger partial charge is 0.351 e. The Bertz CT molecular complexity index is 519. The van der Waals surface area contributed by atoms with Crippen molar-refractivity contribution in [3.63, 3.8) is 0 Å². The number of carbonyl (C=O) groups is 1. The topological polar surface area (TPSA) is 57.8 Å². The highest BCUT2D eigenvalue weighted by molar-refractivity contribution is 5.83. The molecule has 1 aromatic carbocycles. The minimum absolute atomic E-state index is 0.0294. The van der Waals surface area contributed by atoms with Crippen molar-refractivity contribution in [3.8, 4) is 0 Å². The number of rotatable bonds is 4. The molecule has 0 saturated heterocycles. The molecule has 0 aliphatic carbocycles. The third kappa shape index (κ3) is 2.77. The van der Waals surface area contributed by atoms with Gasteiger partial charge in [0.05, 0.1) is 12.1 Å². The predicted octanol–water partition coefficient (Wildman–Crippen LogP) is 2.14. The minimum Gasteiger partial charge on any atom is -0.351 e. The van der Waals surface area contributed by atoms with E-state index in [9.17, 15) is 4.79 Å². The molecule has 2 N–H and O–H groups in total. The maximum atomic E-state index is 12.0. The Labute approximate surface area is 106 Å². The zero-order chi connectivity index (χ0) is 13.0. The molecule has 0 radical (unpaired) electrons. The second-order valence-corrected chi connectivity index (χ2v) is 4.37. The smallest absolute Gasteiger partial charge is 0.227 e. The first-order valence-corrected chi connectivity index (χ1v) is 6.00. The van der Waals surface area contributed by atoms with Gasteiger partial charge in [-0.2, -0.15) is 5.10 Å². The summed E-state index contributed by atoms with van der Waals surface area (Å²) in [4.78, 5) is 12.0. The van der Waals surface area contributed by atoms with Crippen LogP contribution in [0.4, 0.5) is 0 Å². The summed E-state index contributed by atoms with van der Waals surface area (Å²) in [5.41, 5.74) is 3.03. The maximum absolute atomic E-state index is 12.0. The molecule has 1 heterocycles. The monoisotopic (exact) mass is 243 g/mol. The molecule has 2 aromatic rings. The molecule has 4 heteroatoms. The molecule has 0 saturated carbocycles. The summed E-state index contributed by atoms with van der Waals surface area (Å²) >= 11 is 0. The van der Waals surface area contributed by atoms with E-state index >= 15 is 0 Å². The van der Waals surface area contributed by atoms with Gasteiger partial charge in [-0.05, 0) is 19.4 Å². The number of carbonyl (C=O) groups excluding carboxylic acids is 1. The van der Waals surface area contributed by atoms with Gasteiger partial charge in [-0.3, -0.25) is 9.89 Å². The van der Waals surface area contributed by atoms with E-state index in [1.54, 1.807) is 6.20 Å². The van der Waals surface area contributed by atoms with Gasteiger partial charge in [0.2, 0.25) is 5.91 Å². The Morgan fingerprint density at radius 2 is 2.11 bits per heavy atom. The van der Waals surface area contributed by atoms with Crippen molar-refractivity contribution in [1.29, 1.82) is 0 Å².